The van der Waals surface area contributed by atoms with Crippen LogP contribution < -0.4 is 18.9 Å². The summed E-state index contributed by atoms with van der Waals surface area (Å²) in [5, 5.41) is 13.6. The predicted molar refractivity (Wildman–Crippen MR) is 162 cm³/mol. The van der Waals surface area contributed by atoms with Crippen LogP contribution in [0.5, 0.6) is 11.5 Å². The monoisotopic (exact) mass is 643 g/mol. The van der Waals surface area contributed by atoms with Gasteiger partial charge < -0.3 is 14.4 Å². The number of nitrogens with zero attached hydrogens (tertiary/aromatic N) is 2. The average molecular weight is 644 g/mol. The number of fused-ring (bicyclic) bond motifs is 2. The van der Waals surface area contributed by atoms with Crippen LogP contribution in [0.2, 0.25) is 5.02 Å². The Morgan fingerprint density at radius 3 is 2.78 bits per heavy atom. The van der Waals surface area contributed by atoms with Crippen molar-refractivity contribution in [1.29, 1.82) is 0 Å². The molecule has 0 saturated carbocycles. The number of ether oxygens (including phenoxy) is 2. The third-order valence-electron chi connectivity index (χ3n) is 6.44. The van der Waals surface area contributed by atoms with Crippen molar-refractivity contribution in [1.82, 2.24) is 0 Å². The highest BCUT2D eigenvalue weighted by Gasteiger charge is 2.27. The quantitative estimate of drug-likeness (QED) is 0.0508. The van der Waals surface area contributed by atoms with Gasteiger partial charge in [-0.25, -0.2) is 5.26 Å². The first-order valence-corrected chi connectivity index (χ1v) is 16.6. The molecule has 1 aliphatic heterocycles. The Balaban J connectivity index is 1.70. The van der Waals surface area contributed by atoms with E-state index in [4.69, 9.17) is 26.3 Å². The van der Waals surface area contributed by atoms with E-state index in [1.807, 2.05) is 42.2 Å². The fourth-order valence-electron chi connectivity index (χ4n) is 4.51. The van der Waals surface area contributed by atoms with E-state index in [9.17, 15) is 13.0 Å². The molecule has 0 aliphatic carbocycles. The summed E-state index contributed by atoms with van der Waals surface area (Å²) in [6.45, 7) is 5.04. The van der Waals surface area contributed by atoms with Crippen LogP contribution in [0.15, 0.2) is 47.9 Å². The summed E-state index contributed by atoms with van der Waals surface area (Å²) in [4.78, 5) is 2.05. The van der Waals surface area contributed by atoms with Gasteiger partial charge in [0.15, 0.2) is 12.3 Å². The van der Waals surface area contributed by atoms with Crippen LogP contribution in [0.25, 0.3) is 16.3 Å². The van der Waals surface area contributed by atoms with Crippen molar-refractivity contribution in [2.75, 3.05) is 30.1 Å². The fraction of sp³-hybridized carbons (Fsp3) is 0.370. The van der Waals surface area contributed by atoms with Crippen molar-refractivity contribution in [2.24, 2.45) is 0 Å². The number of halogens is 1. The number of rotatable bonds is 14. The molecule has 0 atom stereocenters. The summed E-state index contributed by atoms with van der Waals surface area (Å²) >= 11 is 8.87. The number of aryl methyl sites for hydroxylation is 2. The molecule has 0 spiro atoms. The molecule has 222 valence electrons. The van der Waals surface area contributed by atoms with Gasteiger partial charge in [-0.1, -0.05) is 34.9 Å². The predicted octanol–water partition coefficient (Wildman–Crippen LogP) is 6.43. The molecular formula is C27H32ClN2O8S3+. The molecule has 3 aromatic rings. The van der Waals surface area contributed by atoms with E-state index in [0.29, 0.717) is 48.3 Å². The highest BCUT2D eigenvalue weighted by atomic mass is 35.5. The number of methoxy groups -OCH3 is 1. The Morgan fingerprint density at radius 2 is 2.07 bits per heavy atom. The van der Waals surface area contributed by atoms with E-state index in [1.54, 1.807) is 24.5 Å². The highest BCUT2D eigenvalue weighted by Crippen LogP contribution is 2.41. The summed E-state index contributed by atoms with van der Waals surface area (Å²) in [6.07, 6.45) is 5.74. The number of allylic oxidation sites excluding steroid dienone is 2. The topological polar surface area (TPSA) is 119 Å². The zero-order valence-electron chi connectivity index (χ0n) is 22.8. The minimum atomic E-state index is -4.07. The van der Waals surface area contributed by atoms with Crippen molar-refractivity contribution < 1.29 is 41.6 Å². The lowest BCUT2D eigenvalue weighted by atomic mass is 10.1. The number of anilines is 1. The van der Waals surface area contributed by atoms with Crippen molar-refractivity contribution >= 4 is 67.1 Å². The number of thiazole rings is 1. The first kappa shape index (κ1) is 31.6. The van der Waals surface area contributed by atoms with E-state index in [0.717, 1.165) is 49.8 Å². The molecule has 2 heterocycles. The molecule has 14 heteroatoms. The van der Waals surface area contributed by atoms with E-state index in [-0.39, 0.29) is 12.2 Å². The van der Waals surface area contributed by atoms with Crippen molar-refractivity contribution in [2.45, 2.75) is 39.7 Å². The second-order valence-electron chi connectivity index (χ2n) is 9.26. The van der Waals surface area contributed by atoms with Gasteiger partial charge in [-0.15, -0.1) is 4.33 Å². The van der Waals surface area contributed by atoms with E-state index < -0.39 is 10.1 Å². The Kier molecular flexibility index (Phi) is 10.9. The lowest BCUT2D eigenvalue weighted by Gasteiger charge is -2.18. The van der Waals surface area contributed by atoms with Crippen LogP contribution in [-0.2, 0) is 26.0 Å². The van der Waals surface area contributed by atoms with Crippen molar-refractivity contribution in [3.8, 4) is 11.5 Å². The summed E-state index contributed by atoms with van der Waals surface area (Å²) < 4.78 is 51.4. The molecule has 0 saturated heterocycles. The molecular weight excluding hydrogens is 612 g/mol. The molecule has 0 bridgehead atoms. The van der Waals surface area contributed by atoms with Gasteiger partial charge in [0.05, 0.1) is 18.6 Å². The van der Waals surface area contributed by atoms with Gasteiger partial charge in [0, 0.05) is 60.1 Å². The number of aromatic nitrogens is 1. The Hall–Kier alpha value is -2.36. The average Bonchev–Trinajstić information content (AvgIpc) is 3.43. The first-order chi connectivity index (χ1) is 19.6. The number of hydrogen-bond donors (Lipinski definition) is 2. The Morgan fingerprint density at radius 1 is 1.27 bits per heavy atom. The summed E-state index contributed by atoms with van der Waals surface area (Å²) in [5.41, 5.74) is 3.78. The lowest BCUT2D eigenvalue weighted by Crippen LogP contribution is -2.36. The molecule has 0 amide bonds. The molecule has 0 fully saturated rings. The standard InChI is InChI=1S/C27H31ClN2O8S3/c1-4-19(14-26-29(9-5-11-39-38-37-31)21-16-20(28)7-8-23(21)36-26)15-27-30(10-6-12-41(32,33)34)22-13-18(2)24(35-3)17-25(22)40-27/h7-8,13-17H,4-6,9-12H2,1-3H3,(H-,31,32,33,34)/p+1. The first-order valence-electron chi connectivity index (χ1n) is 12.9. The molecule has 1 aromatic heterocycles. The maximum absolute atomic E-state index is 11.4. The van der Waals surface area contributed by atoms with E-state index >= 15 is 0 Å². The van der Waals surface area contributed by atoms with Gasteiger partial charge in [0.1, 0.15) is 10.4 Å². The zero-order valence-corrected chi connectivity index (χ0v) is 26.0. The minimum absolute atomic E-state index is 0.264. The minimum Gasteiger partial charge on any atom is -0.496 e. The second kappa shape index (κ2) is 14.2. The smallest absolute Gasteiger partial charge is 0.265 e. The van der Waals surface area contributed by atoms with Gasteiger partial charge >= 0.3 is 0 Å². The molecule has 2 N–H and O–H groups in total. The van der Waals surface area contributed by atoms with Crippen LogP contribution in [-0.4, -0.2) is 43.4 Å². The highest BCUT2D eigenvalue weighted by molar-refractivity contribution is 7.94. The van der Waals surface area contributed by atoms with Gasteiger partial charge in [0.2, 0.25) is 11.4 Å². The maximum Gasteiger partial charge on any atom is 0.265 e. The zero-order chi connectivity index (χ0) is 29.6. The third kappa shape index (κ3) is 8.14. The summed E-state index contributed by atoms with van der Waals surface area (Å²) in [6, 6.07) is 9.50. The number of hydrogen-bond acceptors (Lipinski definition) is 10. The fourth-order valence-corrected chi connectivity index (χ4v) is 6.70. The van der Waals surface area contributed by atoms with E-state index in [1.165, 1.54) is 0 Å². The van der Waals surface area contributed by atoms with Crippen LogP contribution in [0, 0.1) is 6.92 Å². The SMILES string of the molecule is CCC(/C=C1\Oc2ccc(Cl)cc2N1CCCSOOO)=C\c1sc2cc(OC)c(C)cc2[n+]1CCCS(=O)(=O)O. The molecule has 1 aliphatic rings. The van der Waals surface area contributed by atoms with Crippen molar-refractivity contribution in [3.63, 3.8) is 0 Å². The van der Waals surface area contributed by atoms with Gasteiger partial charge in [-0.2, -0.15) is 13.0 Å². The van der Waals surface area contributed by atoms with Crippen LogP contribution in [0.1, 0.15) is 36.8 Å². The molecule has 0 radical (unpaired) electrons. The maximum atomic E-state index is 11.4. The normalized spacial score (nSPS) is 14.6. The van der Waals surface area contributed by atoms with Crippen LogP contribution in [0.3, 0.4) is 0 Å². The van der Waals surface area contributed by atoms with Crippen LogP contribution in [0.4, 0.5) is 5.69 Å². The third-order valence-corrected chi connectivity index (χ3v) is 9.18. The number of benzene rings is 2. The molecule has 2 aromatic carbocycles. The Labute approximate surface area is 252 Å². The Bertz CT molecular complexity index is 1560. The van der Waals surface area contributed by atoms with E-state index in [2.05, 4.69) is 26.9 Å². The van der Waals surface area contributed by atoms with Gasteiger partial charge in [0.25, 0.3) is 15.1 Å². The molecule has 0 unspecified atom stereocenters. The van der Waals surface area contributed by atoms with Gasteiger partial charge in [-0.3, -0.25) is 4.55 Å². The van der Waals surface area contributed by atoms with Crippen LogP contribution >= 0.6 is 35.0 Å². The largest absolute Gasteiger partial charge is 0.496 e. The molecule has 41 heavy (non-hydrogen) atoms. The lowest BCUT2D eigenvalue weighted by molar-refractivity contribution is -0.668. The summed E-state index contributed by atoms with van der Waals surface area (Å²) in [7, 11) is -2.44. The summed E-state index contributed by atoms with van der Waals surface area (Å²) in [5.74, 6) is 2.38. The molecule has 4 rings (SSSR count). The van der Waals surface area contributed by atoms with Gasteiger partial charge in [-0.05, 0) is 49.1 Å². The molecule has 10 nitrogen and oxygen atoms in total. The second-order valence-corrected chi connectivity index (χ2v) is 13.1. The van der Waals surface area contributed by atoms with Crippen molar-refractivity contribution in [3.05, 3.63) is 63.5 Å².